The highest BCUT2D eigenvalue weighted by atomic mass is 32.1. The first-order valence-electron chi connectivity index (χ1n) is 21.4. The molecule has 1 nitrogen and oxygen atoms in total. The molecule has 7 aliphatic carbocycles. The van der Waals surface area contributed by atoms with Crippen LogP contribution in [-0.4, -0.2) is 0 Å². The van der Waals surface area contributed by atoms with E-state index in [0.717, 1.165) is 23.7 Å². The first-order chi connectivity index (χ1) is 27.2. The fourth-order valence-corrected chi connectivity index (χ4v) is 15.2. The van der Waals surface area contributed by atoms with Crippen molar-refractivity contribution in [3.05, 3.63) is 150 Å². The Hall–Kier alpha value is -4.66. The molecule has 270 valence electrons. The Morgan fingerprint density at radius 2 is 1.15 bits per heavy atom. The molecule has 14 rings (SSSR count). The molecule has 5 atom stereocenters. The smallest absolute Gasteiger partial charge is 0.0554 e. The molecule has 4 bridgehead atoms. The molecule has 4 unspecified atom stereocenters. The summed E-state index contributed by atoms with van der Waals surface area (Å²) >= 11 is 1.93. The van der Waals surface area contributed by atoms with E-state index in [2.05, 4.69) is 132 Å². The van der Waals surface area contributed by atoms with E-state index in [0.29, 0.717) is 0 Å². The Balaban J connectivity index is 1.07. The zero-order valence-electron chi connectivity index (χ0n) is 31.6. The highest BCUT2D eigenvalue weighted by Crippen LogP contribution is 2.68. The van der Waals surface area contributed by atoms with Crippen molar-refractivity contribution in [2.75, 3.05) is 4.90 Å². The molecule has 7 aliphatic rings. The molecule has 2 spiro atoms. The van der Waals surface area contributed by atoms with Crippen LogP contribution in [0.25, 0.3) is 42.4 Å². The summed E-state index contributed by atoms with van der Waals surface area (Å²) in [6.07, 6.45) is 15.0. The standard InChI is InChI=1S/C53H47NS/c1-8-25-52(26-9-1)44-14-5-2-11-39(44)41-23-21-37(31-46(41)52)54(48-16-10-18-50-51(48)43-13-4-7-17-49(43)55-50)38-22-24-42-40-12-3-6-15-45(40)53(47(42)32-38)35-20-19-33-27-34(29-35)30-36(53)28-33/h2-7,10-18,21-24,31-36H,1,8-9,19-20,25-30H2/t33?,34?,35?,36?,53-/m0/s1. The molecule has 0 aliphatic heterocycles. The lowest BCUT2D eigenvalue weighted by Gasteiger charge is -2.53. The van der Waals surface area contributed by atoms with E-state index in [1.54, 1.807) is 22.3 Å². The Morgan fingerprint density at radius 3 is 2.00 bits per heavy atom. The van der Waals surface area contributed by atoms with Gasteiger partial charge in [-0.3, -0.25) is 0 Å². The van der Waals surface area contributed by atoms with Crippen LogP contribution in [0.2, 0.25) is 0 Å². The van der Waals surface area contributed by atoms with E-state index in [1.807, 2.05) is 11.3 Å². The molecule has 1 heterocycles. The molecule has 0 saturated heterocycles. The maximum atomic E-state index is 2.71. The predicted molar refractivity (Wildman–Crippen MR) is 231 cm³/mol. The summed E-state index contributed by atoms with van der Waals surface area (Å²) in [5.41, 5.74) is 16.4. The van der Waals surface area contributed by atoms with E-state index in [1.165, 1.54) is 130 Å². The van der Waals surface area contributed by atoms with Crippen LogP contribution in [0.3, 0.4) is 0 Å². The normalized spacial score (nSPS) is 26.3. The molecule has 7 aromatic rings. The van der Waals surface area contributed by atoms with Crippen molar-refractivity contribution in [1.82, 2.24) is 0 Å². The summed E-state index contributed by atoms with van der Waals surface area (Å²) in [4.78, 5) is 2.68. The zero-order valence-corrected chi connectivity index (χ0v) is 32.4. The van der Waals surface area contributed by atoms with Crippen LogP contribution < -0.4 is 4.90 Å². The van der Waals surface area contributed by atoms with Gasteiger partial charge >= 0.3 is 0 Å². The summed E-state index contributed by atoms with van der Waals surface area (Å²) in [5, 5.41) is 2.74. The second-order valence-electron chi connectivity index (χ2n) is 18.3. The van der Waals surface area contributed by atoms with E-state index in [4.69, 9.17) is 0 Å². The number of benzene rings is 6. The predicted octanol–water partition coefficient (Wildman–Crippen LogP) is 14.9. The van der Waals surface area contributed by atoms with Gasteiger partial charge in [0.25, 0.3) is 0 Å². The van der Waals surface area contributed by atoms with E-state index in [-0.39, 0.29) is 10.8 Å². The molecule has 5 fully saturated rings. The summed E-state index contributed by atoms with van der Waals surface area (Å²) in [7, 11) is 0. The Labute approximate surface area is 329 Å². The molecule has 0 N–H and O–H groups in total. The minimum absolute atomic E-state index is 0.106. The van der Waals surface area contributed by atoms with Crippen LogP contribution in [-0.2, 0) is 10.8 Å². The molecular formula is C53H47NS. The third kappa shape index (κ3) is 4.14. The largest absolute Gasteiger partial charge is 0.310 e. The first kappa shape index (κ1) is 31.5. The van der Waals surface area contributed by atoms with E-state index >= 15 is 0 Å². The summed E-state index contributed by atoms with van der Waals surface area (Å²) in [5.74, 6) is 3.29. The number of fused-ring (bicyclic) bond motifs is 12. The Kier molecular flexibility index (Phi) is 6.57. The average Bonchev–Trinajstić information content (AvgIpc) is 3.78. The van der Waals surface area contributed by atoms with Gasteiger partial charge in [-0.2, -0.15) is 0 Å². The van der Waals surface area contributed by atoms with Crippen molar-refractivity contribution in [1.29, 1.82) is 0 Å². The Morgan fingerprint density at radius 1 is 0.491 bits per heavy atom. The third-order valence-corrected chi connectivity index (χ3v) is 17.1. The molecule has 0 radical (unpaired) electrons. The second kappa shape index (κ2) is 11.5. The monoisotopic (exact) mass is 729 g/mol. The van der Waals surface area contributed by atoms with Crippen molar-refractivity contribution >= 4 is 48.6 Å². The molecule has 5 saturated carbocycles. The van der Waals surface area contributed by atoms with Gasteiger partial charge < -0.3 is 4.90 Å². The minimum atomic E-state index is 0.106. The lowest BCUT2D eigenvalue weighted by molar-refractivity contribution is 0.0618. The SMILES string of the molecule is c1ccc2c(c1)-c1ccc(N(c3ccc4c(c3)[C@@]3(c5ccccc5-4)C4CCC5CC(C4)CC3C5)c3cccc4sc5ccccc5c34)cc1C21CCCCC1. The fourth-order valence-electron chi connectivity index (χ4n) is 14.1. The summed E-state index contributed by atoms with van der Waals surface area (Å²) in [6, 6.07) is 50.4. The minimum Gasteiger partial charge on any atom is -0.310 e. The second-order valence-corrected chi connectivity index (χ2v) is 19.4. The van der Waals surface area contributed by atoms with Crippen LogP contribution in [0, 0.1) is 23.7 Å². The van der Waals surface area contributed by atoms with Gasteiger partial charge in [0.2, 0.25) is 0 Å². The molecule has 55 heavy (non-hydrogen) atoms. The fraction of sp³-hybridized carbons (Fsp3) is 0.321. The van der Waals surface area contributed by atoms with Crippen LogP contribution in [0.4, 0.5) is 17.1 Å². The first-order valence-corrected chi connectivity index (χ1v) is 22.2. The average molecular weight is 730 g/mol. The van der Waals surface area contributed by atoms with Crippen LogP contribution >= 0.6 is 11.3 Å². The van der Waals surface area contributed by atoms with E-state index < -0.39 is 0 Å². The van der Waals surface area contributed by atoms with Crippen LogP contribution in [0.1, 0.15) is 92.9 Å². The molecule has 1 aromatic heterocycles. The number of nitrogens with zero attached hydrogens (tertiary/aromatic N) is 1. The lowest BCUT2D eigenvalue weighted by Crippen LogP contribution is -2.48. The zero-order chi connectivity index (χ0) is 35.9. The van der Waals surface area contributed by atoms with Gasteiger partial charge in [-0.25, -0.2) is 0 Å². The van der Waals surface area contributed by atoms with Gasteiger partial charge in [-0.15, -0.1) is 11.3 Å². The van der Waals surface area contributed by atoms with Crippen molar-refractivity contribution < 1.29 is 0 Å². The topological polar surface area (TPSA) is 3.24 Å². The maximum Gasteiger partial charge on any atom is 0.0554 e. The van der Waals surface area contributed by atoms with Gasteiger partial charge in [0.05, 0.1) is 5.69 Å². The number of hydrogen-bond donors (Lipinski definition) is 0. The molecule has 0 amide bonds. The van der Waals surface area contributed by atoms with E-state index in [9.17, 15) is 0 Å². The van der Waals surface area contributed by atoms with Gasteiger partial charge in [0.15, 0.2) is 0 Å². The van der Waals surface area contributed by atoms with Gasteiger partial charge in [0, 0.05) is 42.4 Å². The van der Waals surface area contributed by atoms with Gasteiger partial charge in [0.1, 0.15) is 0 Å². The van der Waals surface area contributed by atoms with Gasteiger partial charge in [-0.05, 0) is 156 Å². The molecule has 2 heteroatoms. The third-order valence-electron chi connectivity index (χ3n) is 15.9. The van der Waals surface area contributed by atoms with Crippen molar-refractivity contribution in [3.8, 4) is 22.3 Å². The number of rotatable bonds is 3. The highest BCUT2D eigenvalue weighted by Gasteiger charge is 2.59. The van der Waals surface area contributed by atoms with Crippen LogP contribution in [0.15, 0.2) is 127 Å². The number of thiophene rings is 1. The lowest BCUT2D eigenvalue weighted by atomic mass is 9.51. The number of hydrogen-bond acceptors (Lipinski definition) is 2. The highest BCUT2D eigenvalue weighted by molar-refractivity contribution is 7.26. The Bertz CT molecular complexity index is 2700. The van der Waals surface area contributed by atoms with Crippen LogP contribution in [0.5, 0.6) is 0 Å². The number of anilines is 3. The summed E-state index contributed by atoms with van der Waals surface area (Å²) < 4.78 is 2.73. The van der Waals surface area contributed by atoms with Crippen molar-refractivity contribution in [3.63, 3.8) is 0 Å². The van der Waals surface area contributed by atoms with Gasteiger partial charge in [-0.1, -0.05) is 111 Å². The quantitative estimate of drug-likeness (QED) is 0.175. The van der Waals surface area contributed by atoms with Crippen molar-refractivity contribution in [2.24, 2.45) is 23.7 Å². The van der Waals surface area contributed by atoms with Crippen molar-refractivity contribution in [2.45, 2.75) is 81.5 Å². The maximum absolute atomic E-state index is 2.71. The summed E-state index contributed by atoms with van der Waals surface area (Å²) in [6.45, 7) is 0. The molecular weight excluding hydrogens is 683 g/mol. The molecule has 6 aromatic carbocycles.